The minimum atomic E-state index is -0.125. The van der Waals surface area contributed by atoms with Crippen LogP contribution in [0.3, 0.4) is 0 Å². The Balaban J connectivity index is 1.11. The highest BCUT2D eigenvalue weighted by Gasteiger charge is 2.22. The van der Waals surface area contributed by atoms with Gasteiger partial charge in [-0.15, -0.1) is 0 Å². The molecule has 1 unspecified atom stereocenters. The maximum absolute atomic E-state index is 7.09. The number of benzene rings is 6. The van der Waals surface area contributed by atoms with Gasteiger partial charge in [0.05, 0.1) is 38.4 Å². The Hall–Kier alpha value is -5.36. The Labute approximate surface area is 285 Å². The van der Waals surface area contributed by atoms with Crippen molar-refractivity contribution in [3.8, 4) is 0 Å². The number of aromatic nitrogens is 3. The first-order valence-corrected chi connectivity index (χ1v) is 17.4. The van der Waals surface area contributed by atoms with Crippen molar-refractivity contribution in [3.63, 3.8) is 0 Å². The van der Waals surface area contributed by atoms with Crippen molar-refractivity contribution in [2.75, 3.05) is 13.2 Å². The van der Waals surface area contributed by atoms with Crippen molar-refractivity contribution in [3.05, 3.63) is 146 Å². The van der Waals surface area contributed by atoms with Crippen molar-refractivity contribution in [2.45, 2.75) is 38.8 Å². The smallest absolute Gasteiger partial charge is 0.0987 e. The molecule has 1 atom stereocenters. The van der Waals surface area contributed by atoms with E-state index in [1.54, 1.807) is 0 Å². The molecule has 0 bridgehead atoms. The summed E-state index contributed by atoms with van der Waals surface area (Å²) in [5, 5.41) is 7.62. The van der Waals surface area contributed by atoms with Crippen LogP contribution in [0.2, 0.25) is 0 Å². The standard InChI is InChI=1S/C44H39N3O2/c1-2-48-32(29-47-43-25-13-7-19-37(43)38-20-8-14-26-44(38)47)30-49-31(27-45-39-21-9-3-15-33(39)34-16-4-10-22-40(34)45)28-46-41-23-11-5-17-35(41)36-18-6-12-24-42(36)46/h3-26,31-32H,2,27-30H2,1H3. The second-order valence-electron chi connectivity index (χ2n) is 13.0. The van der Waals surface area contributed by atoms with Gasteiger partial charge in [-0.05, 0) is 43.3 Å². The molecule has 0 aliphatic carbocycles. The summed E-state index contributed by atoms with van der Waals surface area (Å²) in [6.45, 7) is 5.31. The van der Waals surface area contributed by atoms with Gasteiger partial charge in [-0.2, -0.15) is 0 Å². The average Bonchev–Trinajstić information content (AvgIpc) is 3.77. The number of rotatable bonds is 11. The van der Waals surface area contributed by atoms with Crippen LogP contribution >= 0.6 is 0 Å². The predicted octanol–water partition coefficient (Wildman–Crippen LogP) is 10.2. The van der Waals surface area contributed by atoms with E-state index in [1.165, 1.54) is 65.4 Å². The van der Waals surface area contributed by atoms with E-state index in [0.29, 0.717) is 32.8 Å². The van der Waals surface area contributed by atoms with Crippen LogP contribution in [-0.2, 0) is 29.1 Å². The molecule has 0 fully saturated rings. The molecule has 3 heterocycles. The highest BCUT2D eigenvalue weighted by atomic mass is 16.5. The quantitative estimate of drug-likeness (QED) is 0.141. The van der Waals surface area contributed by atoms with E-state index in [0.717, 1.165) is 0 Å². The van der Waals surface area contributed by atoms with Crippen molar-refractivity contribution in [1.82, 2.24) is 13.7 Å². The molecule has 0 saturated carbocycles. The van der Waals surface area contributed by atoms with Gasteiger partial charge in [0.2, 0.25) is 0 Å². The van der Waals surface area contributed by atoms with E-state index in [-0.39, 0.29) is 12.2 Å². The molecule has 0 N–H and O–H groups in total. The fraction of sp³-hybridized carbons (Fsp3) is 0.182. The molecule has 0 aliphatic rings. The van der Waals surface area contributed by atoms with Crippen LogP contribution in [0.25, 0.3) is 65.4 Å². The molecular formula is C44H39N3O2. The molecule has 5 nitrogen and oxygen atoms in total. The monoisotopic (exact) mass is 641 g/mol. The molecule has 3 aromatic heterocycles. The van der Waals surface area contributed by atoms with Crippen LogP contribution in [0.15, 0.2) is 146 Å². The first kappa shape index (κ1) is 29.8. The van der Waals surface area contributed by atoms with E-state index in [2.05, 4.69) is 166 Å². The summed E-state index contributed by atoms with van der Waals surface area (Å²) in [4.78, 5) is 0. The Morgan fingerprint density at radius 1 is 0.367 bits per heavy atom. The molecule has 0 saturated heterocycles. The van der Waals surface area contributed by atoms with Crippen molar-refractivity contribution in [2.24, 2.45) is 0 Å². The first-order chi connectivity index (χ1) is 24.3. The van der Waals surface area contributed by atoms with Gasteiger partial charge >= 0.3 is 0 Å². The zero-order valence-corrected chi connectivity index (χ0v) is 27.7. The summed E-state index contributed by atoms with van der Waals surface area (Å²) in [5.74, 6) is 0. The largest absolute Gasteiger partial charge is 0.374 e. The highest BCUT2D eigenvalue weighted by Crippen LogP contribution is 2.33. The van der Waals surface area contributed by atoms with Gasteiger partial charge in [-0.1, -0.05) is 109 Å². The van der Waals surface area contributed by atoms with Gasteiger partial charge < -0.3 is 23.2 Å². The number of hydrogen-bond acceptors (Lipinski definition) is 2. The van der Waals surface area contributed by atoms with E-state index in [4.69, 9.17) is 9.47 Å². The third kappa shape index (κ3) is 5.18. The lowest BCUT2D eigenvalue weighted by Crippen LogP contribution is -2.32. The van der Waals surface area contributed by atoms with Gasteiger partial charge in [-0.3, -0.25) is 0 Å². The Morgan fingerprint density at radius 2 is 0.633 bits per heavy atom. The van der Waals surface area contributed by atoms with Gasteiger partial charge in [-0.25, -0.2) is 0 Å². The summed E-state index contributed by atoms with van der Waals surface area (Å²) >= 11 is 0. The summed E-state index contributed by atoms with van der Waals surface area (Å²) in [6.07, 6.45) is -0.248. The number of hydrogen-bond donors (Lipinski definition) is 0. The molecule has 0 spiro atoms. The zero-order chi connectivity index (χ0) is 32.7. The Bertz CT molecular complexity index is 2310. The lowest BCUT2D eigenvalue weighted by molar-refractivity contribution is -0.0539. The topological polar surface area (TPSA) is 33.2 Å². The number of ether oxygens (including phenoxy) is 2. The Kier molecular flexibility index (Phi) is 7.64. The van der Waals surface area contributed by atoms with Crippen molar-refractivity contribution < 1.29 is 9.47 Å². The van der Waals surface area contributed by atoms with Crippen LogP contribution in [0.1, 0.15) is 6.92 Å². The highest BCUT2D eigenvalue weighted by molar-refractivity contribution is 6.09. The SMILES string of the molecule is CCOC(COC(Cn1c2ccccc2c2ccccc21)Cn1c2ccccc2c2ccccc21)Cn1c2ccccc2c2ccccc21. The van der Waals surface area contributed by atoms with Crippen molar-refractivity contribution >= 4 is 65.4 Å². The van der Waals surface area contributed by atoms with Gasteiger partial charge in [0, 0.05) is 72.0 Å². The molecule has 5 heteroatoms. The van der Waals surface area contributed by atoms with Crippen LogP contribution in [0.5, 0.6) is 0 Å². The predicted molar refractivity (Wildman–Crippen MR) is 203 cm³/mol. The molecule has 49 heavy (non-hydrogen) atoms. The van der Waals surface area contributed by atoms with E-state index < -0.39 is 0 Å². The average molecular weight is 642 g/mol. The summed E-state index contributed by atoms with van der Waals surface area (Å²) < 4.78 is 20.9. The fourth-order valence-corrected chi connectivity index (χ4v) is 8.01. The van der Waals surface area contributed by atoms with Crippen LogP contribution in [0.4, 0.5) is 0 Å². The third-order valence-corrected chi connectivity index (χ3v) is 10.1. The first-order valence-electron chi connectivity index (χ1n) is 17.4. The fourth-order valence-electron chi connectivity index (χ4n) is 8.01. The van der Waals surface area contributed by atoms with Gasteiger partial charge in [0.25, 0.3) is 0 Å². The normalized spacial score (nSPS) is 12.9. The maximum atomic E-state index is 7.09. The van der Waals surface area contributed by atoms with E-state index in [1.807, 2.05) is 0 Å². The lowest BCUT2D eigenvalue weighted by Gasteiger charge is -2.25. The van der Waals surface area contributed by atoms with E-state index in [9.17, 15) is 0 Å². The van der Waals surface area contributed by atoms with Crippen molar-refractivity contribution in [1.29, 1.82) is 0 Å². The van der Waals surface area contributed by atoms with Crippen LogP contribution in [-0.4, -0.2) is 39.1 Å². The summed E-state index contributed by atoms with van der Waals surface area (Å²) in [6, 6.07) is 52.3. The zero-order valence-electron chi connectivity index (χ0n) is 27.7. The van der Waals surface area contributed by atoms with Crippen LogP contribution < -0.4 is 0 Å². The number of nitrogens with zero attached hydrogens (tertiary/aromatic N) is 3. The molecule has 9 rings (SSSR count). The second-order valence-corrected chi connectivity index (χ2v) is 13.0. The molecule has 9 aromatic rings. The molecule has 242 valence electrons. The third-order valence-electron chi connectivity index (χ3n) is 10.1. The molecule has 0 aliphatic heterocycles. The molecule has 6 aromatic carbocycles. The summed E-state index contributed by atoms with van der Waals surface area (Å²) in [5.41, 5.74) is 7.36. The lowest BCUT2D eigenvalue weighted by atomic mass is 10.2. The van der Waals surface area contributed by atoms with Gasteiger partial charge in [0.15, 0.2) is 0 Å². The molecule has 0 amide bonds. The number of fused-ring (bicyclic) bond motifs is 9. The summed E-state index contributed by atoms with van der Waals surface area (Å²) in [7, 11) is 0. The molecule has 0 radical (unpaired) electrons. The van der Waals surface area contributed by atoms with E-state index >= 15 is 0 Å². The maximum Gasteiger partial charge on any atom is 0.0987 e. The molecular weight excluding hydrogens is 603 g/mol. The minimum absolute atomic E-state index is 0.122. The number of para-hydroxylation sites is 6. The van der Waals surface area contributed by atoms with Crippen LogP contribution in [0, 0.1) is 0 Å². The minimum Gasteiger partial charge on any atom is -0.374 e. The Morgan fingerprint density at radius 3 is 0.918 bits per heavy atom. The van der Waals surface area contributed by atoms with Gasteiger partial charge in [0.1, 0.15) is 0 Å². The second kappa shape index (κ2) is 12.6.